The summed E-state index contributed by atoms with van der Waals surface area (Å²) in [4.78, 5) is 34.0. The van der Waals surface area contributed by atoms with E-state index in [1.165, 1.54) is 17.5 Å². The lowest BCUT2D eigenvalue weighted by molar-refractivity contribution is -0.145. The van der Waals surface area contributed by atoms with E-state index >= 15 is 0 Å². The van der Waals surface area contributed by atoms with E-state index < -0.39 is 5.54 Å². The Morgan fingerprint density at radius 3 is 2.77 bits per heavy atom. The minimum absolute atomic E-state index is 0.0987. The van der Waals surface area contributed by atoms with Crippen LogP contribution in [0.5, 0.6) is 0 Å². The second kappa shape index (κ2) is 5.87. The molecule has 1 aromatic rings. The summed E-state index contributed by atoms with van der Waals surface area (Å²) < 4.78 is 0. The molecule has 2 aliphatic rings. The summed E-state index contributed by atoms with van der Waals surface area (Å²) in [6.07, 6.45) is 5.84. The SMILES string of the molecule is CCCN1CCCC2(CCCN2C(=O)c2cnc(N)s2)C1=O. The van der Waals surface area contributed by atoms with E-state index in [4.69, 9.17) is 5.73 Å². The third-order valence-electron chi connectivity index (χ3n) is 4.67. The average Bonchev–Trinajstić information content (AvgIpc) is 3.11. The molecule has 2 N–H and O–H groups in total. The molecule has 120 valence electrons. The van der Waals surface area contributed by atoms with Gasteiger partial charge in [-0.05, 0) is 32.1 Å². The molecule has 0 radical (unpaired) electrons. The van der Waals surface area contributed by atoms with Crippen molar-refractivity contribution in [2.24, 2.45) is 0 Å². The molecule has 0 aliphatic carbocycles. The number of nitrogen functional groups attached to an aromatic ring is 1. The highest BCUT2D eigenvalue weighted by Gasteiger charge is 2.52. The van der Waals surface area contributed by atoms with E-state index in [0.29, 0.717) is 16.6 Å². The number of likely N-dealkylation sites (tertiary alicyclic amines) is 2. The van der Waals surface area contributed by atoms with Gasteiger partial charge < -0.3 is 15.5 Å². The van der Waals surface area contributed by atoms with E-state index in [1.54, 1.807) is 4.90 Å². The van der Waals surface area contributed by atoms with Gasteiger partial charge in [-0.2, -0.15) is 0 Å². The van der Waals surface area contributed by atoms with Crippen LogP contribution in [0.4, 0.5) is 5.13 Å². The van der Waals surface area contributed by atoms with Crippen molar-refractivity contribution >= 4 is 28.3 Å². The molecule has 1 aromatic heterocycles. The Balaban J connectivity index is 1.88. The zero-order valence-electron chi connectivity index (χ0n) is 12.9. The fraction of sp³-hybridized carbons (Fsp3) is 0.667. The standard InChI is InChI=1S/C15H22N4O2S/c1-2-7-18-8-3-5-15(13(18)21)6-4-9-19(15)12(20)11-10-17-14(16)22-11/h10H,2-9H2,1H3,(H2,16,17). The lowest BCUT2D eigenvalue weighted by atomic mass is 9.85. The van der Waals surface area contributed by atoms with Gasteiger partial charge in [0.25, 0.3) is 5.91 Å². The Morgan fingerprint density at radius 1 is 1.41 bits per heavy atom. The van der Waals surface area contributed by atoms with Crippen molar-refractivity contribution < 1.29 is 9.59 Å². The normalized spacial score (nSPS) is 25.2. The van der Waals surface area contributed by atoms with Crippen LogP contribution in [0.2, 0.25) is 0 Å². The smallest absolute Gasteiger partial charge is 0.266 e. The lowest BCUT2D eigenvalue weighted by Crippen LogP contribution is -2.61. The van der Waals surface area contributed by atoms with E-state index in [0.717, 1.165) is 45.2 Å². The fourth-order valence-corrected chi connectivity index (χ4v) is 4.36. The lowest BCUT2D eigenvalue weighted by Gasteiger charge is -2.44. The molecule has 1 unspecified atom stereocenters. The maximum Gasteiger partial charge on any atom is 0.266 e. The molecule has 1 spiro atoms. The summed E-state index contributed by atoms with van der Waals surface area (Å²) in [6.45, 7) is 4.30. The highest BCUT2D eigenvalue weighted by Crippen LogP contribution is 2.39. The van der Waals surface area contributed by atoms with E-state index in [1.807, 2.05) is 4.90 Å². The molecule has 6 nitrogen and oxygen atoms in total. The van der Waals surface area contributed by atoms with Gasteiger partial charge in [-0.3, -0.25) is 9.59 Å². The molecule has 2 saturated heterocycles. The molecular weight excluding hydrogens is 300 g/mol. The van der Waals surface area contributed by atoms with Crippen molar-refractivity contribution in [3.05, 3.63) is 11.1 Å². The minimum Gasteiger partial charge on any atom is -0.375 e. The van der Waals surface area contributed by atoms with Crippen LogP contribution in [-0.2, 0) is 4.79 Å². The summed E-state index contributed by atoms with van der Waals surface area (Å²) >= 11 is 1.19. The minimum atomic E-state index is -0.636. The predicted molar refractivity (Wildman–Crippen MR) is 85.6 cm³/mol. The number of hydrogen-bond acceptors (Lipinski definition) is 5. The molecule has 3 heterocycles. The van der Waals surface area contributed by atoms with Crippen molar-refractivity contribution in [3.63, 3.8) is 0 Å². The topological polar surface area (TPSA) is 79.5 Å². The Labute approximate surface area is 134 Å². The maximum atomic E-state index is 13.0. The summed E-state index contributed by atoms with van der Waals surface area (Å²) in [5.41, 5.74) is 5.00. The zero-order chi connectivity index (χ0) is 15.7. The third-order valence-corrected chi connectivity index (χ3v) is 5.48. The van der Waals surface area contributed by atoms with Crippen LogP contribution in [0.25, 0.3) is 0 Å². The number of piperidine rings is 1. The fourth-order valence-electron chi connectivity index (χ4n) is 3.72. The van der Waals surface area contributed by atoms with Crippen molar-refractivity contribution in [2.45, 2.75) is 44.6 Å². The summed E-state index contributed by atoms with van der Waals surface area (Å²) in [5, 5.41) is 0.388. The van der Waals surface area contributed by atoms with Crippen LogP contribution in [0.15, 0.2) is 6.20 Å². The number of amides is 2. The number of rotatable bonds is 3. The van der Waals surface area contributed by atoms with Crippen molar-refractivity contribution in [1.82, 2.24) is 14.8 Å². The van der Waals surface area contributed by atoms with Crippen LogP contribution in [0.1, 0.15) is 48.7 Å². The number of anilines is 1. The quantitative estimate of drug-likeness (QED) is 0.919. The number of nitrogens with zero attached hydrogens (tertiary/aromatic N) is 3. The van der Waals surface area contributed by atoms with Gasteiger partial charge >= 0.3 is 0 Å². The molecule has 22 heavy (non-hydrogen) atoms. The molecule has 0 aromatic carbocycles. The second-order valence-electron chi connectivity index (χ2n) is 6.05. The Hall–Kier alpha value is -1.63. The van der Waals surface area contributed by atoms with Crippen LogP contribution >= 0.6 is 11.3 Å². The Morgan fingerprint density at radius 2 is 2.14 bits per heavy atom. The van der Waals surface area contributed by atoms with Crippen molar-refractivity contribution in [3.8, 4) is 0 Å². The van der Waals surface area contributed by atoms with Gasteiger partial charge in [0, 0.05) is 19.6 Å². The van der Waals surface area contributed by atoms with Crippen LogP contribution < -0.4 is 5.73 Å². The number of thiazole rings is 1. The van der Waals surface area contributed by atoms with E-state index in [-0.39, 0.29) is 11.8 Å². The first-order chi connectivity index (χ1) is 10.6. The van der Waals surface area contributed by atoms with Crippen LogP contribution in [-0.4, -0.2) is 51.8 Å². The maximum absolute atomic E-state index is 13.0. The molecule has 1 atom stereocenters. The number of aromatic nitrogens is 1. The zero-order valence-corrected chi connectivity index (χ0v) is 13.7. The predicted octanol–water partition coefficient (Wildman–Crippen LogP) is 1.73. The van der Waals surface area contributed by atoms with E-state index in [2.05, 4.69) is 11.9 Å². The largest absolute Gasteiger partial charge is 0.375 e. The first kappa shape index (κ1) is 15.3. The summed E-state index contributed by atoms with van der Waals surface area (Å²) in [7, 11) is 0. The molecule has 0 saturated carbocycles. The first-order valence-electron chi connectivity index (χ1n) is 7.91. The second-order valence-corrected chi connectivity index (χ2v) is 7.11. The van der Waals surface area contributed by atoms with Gasteiger partial charge in [-0.15, -0.1) is 0 Å². The molecule has 7 heteroatoms. The molecule has 3 rings (SSSR count). The van der Waals surface area contributed by atoms with Crippen molar-refractivity contribution in [1.29, 1.82) is 0 Å². The molecule has 2 aliphatic heterocycles. The van der Waals surface area contributed by atoms with Gasteiger partial charge in [0.1, 0.15) is 10.4 Å². The Bertz CT molecular complexity index is 586. The van der Waals surface area contributed by atoms with Gasteiger partial charge in [-0.1, -0.05) is 18.3 Å². The molecule has 2 fully saturated rings. The number of hydrogen-bond donors (Lipinski definition) is 1. The average molecular weight is 322 g/mol. The first-order valence-corrected chi connectivity index (χ1v) is 8.73. The molecular formula is C15H22N4O2S. The monoisotopic (exact) mass is 322 g/mol. The number of carbonyl (C=O) groups is 2. The highest BCUT2D eigenvalue weighted by atomic mass is 32.1. The number of carbonyl (C=O) groups excluding carboxylic acids is 2. The highest BCUT2D eigenvalue weighted by molar-refractivity contribution is 7.17. The Kier molecular flexibility index (Phi) is 4.08. The van der Waals surface area contributed by atoms with Crippen molar-refractivity contribution in [2.75, 3.05) is 25.4 Å². The van der Waals surface area contributed by atoms with Gasteiger partial charge in [0.2, 0.25) is 5.91 Å². The van der Waals surface area contributed by atoms with Gasteiger partial charge in [0.15, 0.2) is 5.13 Å². The number of nitrogens with two attached hydrogens (primary N) is 1. The van der Waals surface area contributed by atoms with Gasteiger partial charge in [0.05, 0.1) is 6.20 Å². The van der Waals surface area contributed by atoms with Gasteiger partial charge in [-0.25, -0.2) is 4.98 Å². The summed E-state index contributed by atoms with van der Waals surface area (Å²) in [5.74, 6) is 0.0299. The third kappa shape index (κ3) is 2.37. The summed E-state index contributed by atoms with van der Waals surface area (Å²) in [6, 6.07) is 0. The van der Waals surface area contributed by atoms with Crippen LogP contribution in [0.3, 0.4) is 0 Å². The molecule has 2 amide bonds. The molecule has 0 bridgehead atoms. The van der Waals surface area contributed by atoms with Crippen LogP contribution in [0, 0.1) is 0 Å². The van der Waals surface area contributed by atoms with E-state index in [9.17, 15) is 9.59 Å².